The molecule has 0 aliphatic carbocycles. The predicted octanol–water partition coefficient (Wildman–Crippen LogP) is 5.21. The van der Waals surface area contributed by atoms with Gasteiger partial charge < -0.3 is 19.2 Å². The van der Waals surface area contributed by atoms with E-state index in [0.717, 1.165) is 46.1 Å². The van der Waals surface area contributed by atoms with Crippen molar-refractivity contribution in [1.29, 1.82) is 0 Å². The first-order chi connectivity index (χ1) is 12.7. The van der Waals surface area contributed by atoms with E-state index >= 15 is 0 Å². The number of imidazole rings is 1. The molecule has 3 rings (SSSR count). The van der Waals surface area contributed by atoms with Gasteiger partial charge in [0.05, 0.1) is 31.9 Å². The number of rotatable bonds is 9. The number of benzene rings is 2. The minimum atomic E-state index is 0.708. The summed E-state index contributed by atoms with van der Waals surface area (Å²) in [6.07, 6.45) is 4.72. The van der Waals surface area contributed by atoms with Gasteiger partial charge in [0.2, 0.25) is 0 Å². The molecule has 0 aliphatic rings. The van der Waals surface area contributed by atoms with Crippen LogP contribution < -0.4 is 14.2 Å². The summed E-state index contributed by atoms with van der Waals surface area (Å²) in [5, 5.41) is 0. The maximum absolute atomic E-state index is 5.88. The molecule has 0 atom stereocenters. The van der Waals surface area contributed by atoms with E-state index in [-0.39, 0.29) is 0 Å². The van der Waals surface area contributed by atoms with Gasteiger partial charge in [-0.05, 0) is 36.8 Å². The zero-order chi connectivity index (χ0) is 18.4. The number of fused-ring (bicyclic) bond motifs is 1. The van der Waals surface area contributed by atoms with E-state index in [9.17, 15) is 0 Å². The highest BCUT2D eigenvalue weighted by atomic mass is 16.5. The summed E-state index contributed by atoms with van der Waals surface area (Å²) in [7, 11) is 3.32. The van der Waals surface area contributed by atoms with E-state index in [1.165, 1.54) is 19.3 Å². The SMILES string of the molecule is CCCCCCOc1ccc(-c2nc3ccc(OC)cc3[nH]2)cc1OC. The molecule has 1 N–H and O–H groups in total. The second-order valence-corrected chi connectivity index (χ2v) is 6.24. The highest BCUT2D eigenvalue weighted by Gasteiger charge is 2.11. The largest absolute Gasteiger partial charge is 0.497 e. The molecule has 138 valence electrons. The lowest BCUT2D eigenvalue weighted by Gasteiger charge is -2.11. The standard InChI is InChI=1S/C21H26N2O3/c1-4-5-6-7-12-26-19-11-8-15(13-20(19)25-3)21-22-17-10-9-16(24-2)14-18(17)23-21/h8-11,13-14H,4-7,12H2,1-3H3,(H,22,23). The van der Waals surface area contributed by atoms with Gasteiger partial charge in [0.1, 0.15) is 11.6 Å². The lowest BCUT2D eigenvalue weighted by Crippen LogP contribution is -1.99. The Kier molecular flexibility index (Phi) is 6.00. The quantitative estimate of drug-likeness (QED) is 0.536. The van der Waals surface area contributed by atoms with Crippen LogP contribution in [0.2, 0.25) is 0 Å². The van der Waals surface area contributed by atoms with Crippen LogP contribution in [-0.2, 0) is 0 Å². The number of nitrogens with zero attached hydrogens (tertiary/aromatic N) is 1. The first-order valence-corrected chi connectivity index (χ1v) is 9.10. The van der Waals surface area contributed by atoms with Crippen molar-refractivity contribution in [2.45, 2.75) is 32.6 Å². The smallest absolute Gasteiger partial charge is 0.161 e. The van der Waals surface area contributed by atoms with E-state index in [0.29, 0.717) is 6.61 Å². The minimum Gasteiger partial charge on any atom is -0.497 e. The van der Waals surface area contributed by atoms with Gasteiger partial charge in [-0.1, -0.05) is 26.2 Å². The zero-order valence-electron chi connectivity index (χ0n) is 15.7. The molecule has 1 heterocycles. The Labute approximate surface area is 154 Å². The summed E-state index contributed by atoms with van der Waals surface area (Å²) in [5.41, 5.74) is 2.79. The molecular formula is C21H26N2O3. The number of ether oxygens (including phenoxy) is 3. The van der Waals surface area contributed by atoms with Gasteiger partial charge in [0, 0.05) is 11.6 Å². The van der Waals surface area contributed by atoms with Crippen LogP contribution >= 0.6 is 0 Å². The number of nitrogens with one attached hydrogen (secondary N) is 1. The molecular weight excluding hydrogens is 328 g/mol. The van der Waals surface area contributed by atoms with E-state index in [2.05, 4.69) is 16.9 Å². The molecule has 0 saturated heterocycles. The summed E-state index contributed by atoms with van der Waals surface area (Å²) in [4.78, 5) is 7.99. The molecule has 5 nitrogen and oxygen atoms in total. The fourth-order valence-electron chi connectivity index (χ4n) is 2.90. The monoisotopic (exact) mass is 354 g/mol. The van der Waals surface area contributed by atoms with Gasteiger partial charge in [-0.2, -0.15) is 0 Å². The Balaban J connectivity index is 1.78. The molecule has 0 bridgehead atoms. The Bertz CT molecular complexity index is 858. The molecule has 3 aromatic rings. The first kappa shape index (κ1) is 18.1. The number of hydrogen-bond acceptors (Lipinski definition) is 4. The number of aromatic nitrogens is 2. The molecule has 0 spiro atoms. The van der Waals surface area contributed by atoms with Crippen LogP contribution in [-0.4, -0.2) is 30.8 Å². The fourth-order valence-corrected chi connectivity index (χ4v) is 2.90. The third kappa shape index (κ3) is 4.10. The molecule has 2 aromatic carbocycles. The van der Waals surface area contributed by atoms with E-state index in [1.807, 2.05) is 36.4 Å². The van der Waals surface area contributed by atoms with Gasteiger partial charge in [-0.25, -0.2) is 4.98 Å². The van der Waals surface area contributed by atoms with Crippen LogP contribution in [0.1, 0.15) is 32.6 Å². The summed E-state index contributed by atoms with van der Waals surface area (Å²) in [6, 6.07) is 11.7. The Morgan fingerprint density at radius 2 is 1.81 bits per heavy atom. The van der Waals surface area contributed by atoms with Crippen LogP contribution in [0.25, 0.3) is 22.4 Å². The van der Waals surface area contributed by atoms with E-state index < -0.39 is 0 Å². The van der Waals surface area contributed by atoms with Crippen LogP contribution in [0, 0.1) is 0 Å². The van der Waals surface area contributed by atoms with Crippen molar-refractivity contribution >= 4 is 11.0 Å². The molecule has 0 amide bonds. The average molecular weight is 354 g/mol. The van der Waals surface area contributed by atoms with Gasteiger partial charge in [0.25, 0.3) is 0 Å². The molecule has 5 heteroatoms. The molecule has 0 radical (unpaired) electrons. The topological polar surface area (TPSA) is 56.4 Å². The highest BCUT2D eigenvalue weighted by Crippen LogP contribution is 2.32. The molecule has 26 heavy (non-hydrogen) atoms. The molecule has 1 aromatic heterocycles. The summed E-state index contributed by atoms with van der Waals surface area (Å²) in [5.74, 6) is 3.08. The Hall–Kier alpha value is -2.69. The van der Waals surface area contributed by atoms with Crippen molar-refractivity contribution in [2.75, 3.05) is 20.8 Å². The highest BCUT2D eigenvalue weighted by molar-refractivity contribution is 5.81. The van der Waals surface area contributed by atoms with Gasteiger partial charge >= 0.3 is 0 Å². The molecule has 0 fully saturated rings. The number of aromatic amines is 1. The Morgan fingerprint density at radius 3 is 2.58 bits per heavy atom. The summed E-state index contributed by atoms with van der Waals surface area (Å²) < 4.78 is 16.7. The van der Waals surface area contributed by atoms with Crippen LogP contribution in [0.3, 0.4) is 0 Å². The third-order valence-electron chi connectivity index (χ3n) is 4.38. The molecule has 0 unspecified atom stereocenters. The lowest BCUT2D eigenvalue weighted by atomic mass is 10.2. The number of H-pyrrole nitrogens is 1. The maximum Gasteiger partial charge on any atom is 0.161 e. The zero-order valence-corrected chi connectivity index (χ0v) is 15.7. The number of hydrogen-bond donors (Lipinski definition) is 1. The van der Waals surface area contributed by atoms with Crippen LogP contribution in [0.15, 0.2) is 36.4 Å². The number of methoxy groups -OCH3 is 2. The molecule has 0 saturated carbocycles. The van der Waals surface area contributed by atoms with Crippen molar-refractivity contribution in [3.63, 3.8) is 0 Å². The summed E-state index contributed by atoms with van der Waals surface area (Å²) >= 11 is 0. The normalized spacial score (nSPS) is 10.9. The predicted molar refractivity (Wildman–Crippen MR) is 104 cm³/mol. The summed E-state index contributed by atoms with van der Waals surface area (Å²) in [6.45, 7) is 2.91. The van der Waals surface area contributed by atoms with Gasteiger partial charge in [0.15, 0.2) is 11.5 Å². The van der Waals surface area contributed by atoms with Crippen LogP contribution in [0.5, 0.6) is 17.2 Å². The van der Waals surface area contributed by atoms with Gasteiger partial charge in [-0.15, -0.1) is 0 Å². The van der Waals surface area contributed by atoms with E-state index in [4.69, 9.17) is 14.2 Å². The minimum absolute atomic E-state index is 0.708. The average Bonchev–Trinajstić information content (AvgIpc) is 3.11. The van der Waals surface area contributed by atoms with Gasteiger partial charge in [-0.3, -0.25) is 0 Å². The van der Waals surface area contributed by atoms with E-state index in [1.54, 1.807) is 14.2 Å². The van der Waals surface area contributed by atoms with Crippen LogP contribution in [0.4, 0.5) is 0 Å². The second kappa shape index (κ2) is 8.61. The maximum atomic E-state index is 5.88. The molecule has 0 aliphatic heterocycles. The van der Waals surface area contributed by atoms with Crippen molar-refractivity contribution < 1.29 is 14.2 Å². The van der Waals surface area contributed by atoms with Crippen molar-refractivity contribution in [2.24, 2.45) is 0 Å². The third-order valence-corrected chi connectivity index (χ3v) is 4.38. The first-order valence-electron chi connectivity index (χ1n) is 9.10. The Morgan fingerprint density at radius 1 is 0.923 bits per heavy atom. The fraction of sp³-hybridized carbons (Fsp3) is 0.381. The lowest BCUT2D eigenvalue weighted by molar-refractivity contribution is 0.285. The van der Waals surface area contributed by atoms with Crippen molar-refractivity contribution in [1.82, 2.24) is 9.97 Å². The second-order valence-electron chi connectivity index (χ2n) is 6.24. The van der Waals surface area contributed by atoms with Crippen molar-refractivity contribution in [3.05, 3.63) is 36.4 Å². The number of unbranched alkanes of at least 4 members (excludes halogenated alkanes) is 3. The van der Waals surface area contributed by atoms with Crippen molar-refractivity contribution in [3.8, 4) is 28.6 Å².